The molecule has 2 fully saturated rings. The number of anilines is 3. The first-order chi connectivity index (χ1) is 18.0. The topological polar surface area (TPSA) is 127 Å². The third kappa shape index (κ3) is 4.80. The van der Waals surface area contributed by atoms with Gasteiger partial charge in [-0.2, -0.15) is 5.10 Å². The number of nitrogen functional groups attached to an aromatic ring is 1. The summed E-state index contributed by atoms with van der Waals surface area (Å²) < 4.78 is 12.8. The van der Waals surface area contributed by atoms with Gasteiger partial charge in [0, 0.05) is 44.1 Å². The summed E-state index contributed by atoms with van der Waals surface area (Å²) in [7, 11) is 3.44. The number of carbonyl (C=O) groups excluding carboxylic acids is 2. The number of piperidine rings is 1. The minimum absolute atomic E-state index is 0.0522. The molecule has 0 saturated carbocycles. The molecule has 5 rings (SSSR count). The summed E-state index contributed by atoms with van der Waals surface area (Å²) in [5.41, 5.74) is 8.69. The summed E-state index contributed by atoms with van der Waals surface area (Å²) in [5, 5.41) is 7.28. The molecule has 0 radical (unpaired) electrons. The van der Waals surface area contributed by atoms with Gasteiger partial charge in [-0.3, -0.25) is 10.1 Å². The normalized spacial score (nSPS) is 17.3. The van der Waals surface area contributed by atoms with E-state index in [0.717, 1.165) is 49.4 Å². The van der Waals surface area contributed by atoms with Gasteiger partial charge in [0.1, 0.15) is 29.0 Å². The number of nitrogens with two attached hydrogens (primary N) is 1. The smallest absolute Gasteiger partial charge is 0.412 e. The Morgan fingerprint density at radius 3 is 2.55 bits per heavy atom. The van der Waals surface area contributed by atoms with Gasteiger partial charge in [0.05, 0.1) is 12.8 Å². The molecule has 202 valence electrons. The Morgan fingerprint density at radius 1 is 1.18 bits per heavy atom. The Hall–Kier alpha value is -4.02. The van der Waals surface area contributed by atoms with Crippen LogP contribution in [0.1, 0.15) is 40.0 Å². The Kier molecular flexibility index (Phi) is 6.32. The highest BCUT2D eigenvalue weighted by Gasteiger charge is 2.44. The van der Waals surface area contributed by atoms with E-state index in [0.29, 0.717) is 29.2 Å². The molecule has 2 amide bonds. The van der Waals surface area contributed by atoms with Crippen LogP contribution in [-0.2, 0) is 9.53 Å². The largest absolute Gasteiger partial charge is 0.495 e. The second-order valence-electron chi connectivity index (χ2n) is 11.3. The molecule has 1 spiro atoms. The van der Waals surface area contributed by atoms with E-state index in [1.807, 2.05) is 49.4 Å². The summed E-state index contributed by atoms with van der Waals surface area (Å²) in [6.45, 7) is 7.88. The molecule has 38 heavy (non-hydrogen) atoms. The zero-order chi connectivity index (χ0) is 27.2. The van der Waals surface area contributed by atoms with Crippen LogP contribution in [-0.4, -0.2) is 70.9 Å². The fourth-order valence-corrected chi connectivity index (χ4v) is 5.52. The number of benzene rings is 1. The molecule has 11 nitrogen and oxygen atoms in total. The van der Waals surface area contributed by atoms with Crippen LogP contribution in [0.3, 0.4) is 0 Å². The van der Waals surface area contributed by atoms with Gasteiger partial charge in [-0.1, -0.05) is 6.07 Å². The van der Waals surface area contributed by atoms with E-state index in [1.165, 1.54) is 6.33 Å². The minimum Gasteiger partial charge on any atom is -0.495 e. The Balaban J connectivity index is 1.46. The number of aromatic nitrogens is 3. The number of likely N-dealkylation sites (tertiary alicyclic amines) is 1. The number of ether oxygens (including phenoxy) is 2. The highest BCUT2D eigenvalue weighted by atomic mass is 16.6. The third-order valence-corrected chi connectivity index (χ3v) is 7.38. The highest BCUT2D eigenvalue weighted by molar-refractivity contribution is 5.93. The van der Waals surface area contributed by atoms with Crippen molar-refractivity contribution in [2.75, 3.05) is 49.7 Å². The van der Waals surface area contributed by atoms with E-state index >= 15 is 0 Å². The number of amides is 2. The lowest BCUT2D eigenvalue weighted by molar-refractivity contribution is -0.126. The summed E-state index contributed by atoms with van der Waals surface area (Å²) in [6, 6.07) is 7.59. The number of carbonyl (C=O) groups is 2. The predicted molar refractivity (Wildman–Crippen MR) is 145 cm³/mol. The number of nitrogens with one attached hydrogen (secondary N) is 1. The van der Waals surface area contributed by atoms with Crippen LogP contribution >= 0.6 is 0 Å². The number of fused-ring (bicyclic) bond motifs is 1. The summed E-state index contributed by atoms with van der Waals surface area (Å²) >= 11 is 0. The number of nitrogens with zero attached hydrogens (tertiary/aromatic N) is 5. The van der Waals surface area contributed by atoms with Crippen molar-refractivity contribution in [3.8, 4) is 16.9 Å². The van der Waals surface area contributed by atoms with Gasteiger partial charge in [-0.05, 0) is 57.4 Å². The average Bonchev–Trinajstić information content (AvgIpc) is 3.37. The monoisotopic (exact) mass is 521 g/mol. The number of hydrogen-bond acceptors (Lipinski definition) is 8. The molecule has 3 aromatic rings. The van der Waals surface area contributed by atoms with Crippen molar-refractivity contribution in [3.05, 3.63) is 30.6 Å². The minimum atomic E-state index is -0.617. The van der Waals surface area contributed by atoms with Gasteiger partial charge in [-0.25, -0.2) is 14.3 Å². The SMILES string of the molecule is COc1cc(-c2cc(N3CCC4(CC3)CC(=O)N(C)C4)n3ncnc(N)c23)ccc1NC(=O)OC(C)(C)C. The first-order valence-electron chi connectivity index (χ1n) is 12.8. The van der Waals surface area contributed by atoms with Gasteiger partial charge in [-0.15, -0.1) is 0 Å². The maximum Gasteiger partial charge on any atom is 0.412 e. The lowest BCUT2D eigenvalue weighted by Gasteiger charge is -2.39. The molecule has 2 saturated heterocycles. The molecule has 11 heteroatoms. The first-order valence-corrected chi connectivity index (χ1v) is 12.8. The third-order valence-electron chi connectivity index (χ3n) is 7.38. The average molecular weight is 522 g/mol. The number of rotatable bonds is 4. The zero-order valence-corrected chi connectivity index (χ0v) is 22.6. The van der Waals surface area contributed by atoms with Crippen LogP contribution in [0.5, 0.6) is 5.75 Å². The van der Waals surface area contributed by atoms with Gasteiger partial charge < -0.3 is 25.0 Å². The van der Waals surface area contributed by atoms with E-state index < -0.39 is 11.7 Å². The molecular weight excluding hydrogens is 486 g/mol. The van der Waals surface area contributed by atoms with Crippen molar-refractivity contribution < 1.29 is 19.1 Å². The van der Waals surface area contributed by atoms with Crippen LogP contribution < -0.4 is 20.7 Å². The molecule has 2 aliphatic rings. The Bertz CT molecular complexity index is 1390. The first kappa shape index (κ1) is 25.6. The van der Waals surface area contributed by atoms with Gasteiger partial charge in [0.15, 0.2) is 5.82 Å². The number of methoxy groups -OCH3 is 1. The van der Waals surface area contributed by atoms with E-state index in [2.05, 4.69) is 26.4 Å². The summed E-state index contributed by atoms with van der Waals surface area (Å²) in [4.78, 5) is 32.9. The quantitative estimate of drug-likeness (QED) is 0.531. The van der Waals surface area contributed by atoms with Crippen molar-refractivity contribution in [2.45, 2.75) is 45.6 Å². The van der Waals surface area contributed by atoms with E-state index in [-0.39, 0.29) is 11.3 Å². The predicted octanol–water partition coefficient (Wildman–Crippen LogP) is 3.78. The maximum absolute atomic E-state index is 12.3. The fourth-order valence-electron chi connectivity index (χ4n) is 5.52. The zero-order valence-electron chi connectivity index (χ0n) is 22.6. The van der Waals surface area contributed by atoms with Crippen molar-refractivity contribution >= 4 is 34.8 Å². The molecule has 0 aliphatic carbocycles. The number of hydrogen-bond donors (Lipinski definition) is 2. The molecule has 2 aliphatic heterocycles. The molecule has 0 bridgehead atoms. The molecule has 4 heterocycles. The lowest BCUT2D eigenvalue weighted by atomic mass is 9.77. The summed E-state index contributed by atoms with van der Waals surface area (Å²) in [5.74, 6) is 2.01. The van der Waals surface area contributed by atoms with Crippen molar-refractivity contribution in [3.63, 3.8) is 0 Å². The fraction of sp³-hybridized carbons (Fsp3) is 0.481. The Morgan fingerprint density at radius 2 is 1.92 bits per heavy atom. The van der Waals surface area contributed by atoms with Crippen LogP contribution in [0.2, 0.25) is 0 Å². The molecule has 2 aromatic heterocycles. The molecule has 0 unspecified atom stereocenters. The van der Waals surface area contributed by atoms with Gasteiger partial charge in [0.25, 0.3) is 0 Å². The lowest BCUT2D eigenvalue weighted by Crippen LogP contribution is -2.41. The van der Waals surface area contributed by atoms with Crippen LogP contribution in [0.15, 0.2) is 30.6 Å². The van der Waals surface area contributed by atoms with Crippen LogP contribution in [0.25, 0.3) is 16.6 Å². The van der Waals surface area contributed by atoms with Crippen molar-refractivity contribution in [1.82, 2.24) is 19.5 Å². The molecular formula is C27H35N7O4. The molecule has 0 atom stereocenters. The van der Waals surface area contributed by atoms with Crippen LogP contribution in [0, 0.1) is 5.41 Å². The van der Waals surface area contributed by atoms with Gasteiger partial charge >= 0.3 is 6.09 Å². The van der Waals surface area contributed by atoms with Gasteiger partial charge in [0.2, 0.25) is 5.91 Å². The molecule has 1 aromatic carbocycles. The summed E-state index contributed by atoms with van der Waals surface area (Å²) in [6.07, 6.45) is 3.39. The second kappa shape index (κ2) is 9.38. The maximum atomic E-state index is 12.3. The molecule has 3 N–H and O–H groups in total. The van der Waals surface area contributed by atoms with E-state index in [1.54, 1.807) is 13.2 Å². The second-order valence-corrected chi connectivity index (χ2v) is 11.3. The van der Waals surface area contributed by atoms with Crippen molar-refractivity contribution in [1.29, 1.82) is 0 Å². The standard InChI is InChI=1S/C27H35N7O4/c1-26(2,3)38-25(36)31-19-7-6-17(12-20(19)37-5)18-13-21(34-23(18)24(28)29-16-30-34)33-10-8-27(9-11-33)14-22(35)32(4)15-27/h6-7,12-13,16H,8-11,14-15H2,1-5H3,(H,31,36)(H2,28,29,30). The van der Waals surface area contributed by atoms with E-state index in [4.69, 9.17) is 15.2 Å². The van der Waals surface area contributed by atoms with Crippen LogP contribution in [0.4, 0.5) is 22.1 Å². The highest BCUT2D eigenvalue weighted by Crippen LogP contribution is 2.43. The Labute approximate surface area is 221 Å². The van der Waals surface area contributed by atoms with Crippen molar-refractivity contribution in [2.24, 2.45) is 5.41 Å². The van der Waals surface area contributed by atoms with E-state index in [9.17, 15) is 9.59 Å².